The van der Waals surface area contributed by atoms with Crippen LogP contribution >= 0.6 is 0 Å². The monoisotopic (exact) mass is 293 g/mol. The van der Waals surface area contributed by atoms with Gasteiger partial charge in [-0.05, 0) is 69.9 Å². The zero-order valence-corrected chi connectivity index (χ0v) is 13.4. The lowest BCUT2D eigenvalue weighted by Crippen LogP contribution is -2.58. The highest BCUT2D eigenvalue weighted by Gasteiger charge is 2.47. The fourth-order valence-corrected chi connectivity index (χ4v) is 5.08. The van der Waals surface area contributed by atoms with Gasteiger partial charge in [-0.15, -0.1) is 0 Å². The molecule has 21 heavy (non-hydrogen) atoms. The Morgan fingerprint density at radius 3 is 2.86 bits per heavy atom. The predicted octanol–water partition coefficient (Wildman–Crippen LogP) is 1.88. The third-order valence-corrected chi connectivity index (χ3v) is 6.24. The number of nitrogens with one attached hydrogen (secondary N) is 1. The number of fused-ring (bicyclic) bond motifs is 2. The molecular formula is C17H31N3O. The van der Waals surface area contributed by atoms with Crippen molar-refractivity contribution in [2.75, 3.05) is 19.6 Å². The summed E-state index contributed by atoms with van der Waals surface area (Å²) >= 11 is 0. The van der Waals surface area contributed by atoms with Crippen LogP contribution in [-0.2, 0) is 4.79 Å². The Kier molecular flexibility index (Phi) is 4.55. The van der Waals surface area contributed by atoms with E-state index in [1.54, 1.807) is 0 Å². The Bertz CT molecular complexity index is 386. The van der Waals surface area contributed by atoms with E-state index in [2.05, 4.69) is 17.1 Å². The number of primary amides is 1. The third kappa shape index (κ3) is 2.85. The average molecular weight is 293 g/mol. The molecule has 0 aromatic carbocycles. The number of nitrogens with two attached hydrogens (primary N) is 1. The van der Waals surface area contributed by atoms with E-state index in [9.17, 15) is 4.79 Å². The van der Waals surface area contributed by atoms with Crippen LogP contribution in [0, 0.1) is 11.8 Å². The highest BCUT2D eigenvalue weighted by atomic mass is 16.1. The van der Waals surface area contributed by atoms with Crippen LogP contribution in [-0.4, -0.2) is 42.0 Å². The molecule has 2 saturated carbocycles. The number of nitrogens with zero attached hydrogens (tertiary/aromatic N) is 1. The summed E-state index contributed by atoms with van der Waals surface area (Å²) in [6.45, 7) is 5.50. The largest absolute Gasteiger partial charge is 0.368 e. The van der Waals surface area contributed by atoms with Gasteiger partial charge in [0, 0.05) is 12.6 Å². The maximum atomic E-state index is 12.1. The van der Waals surface area contributed by atoms with E-state index in [4.69, 9.17) is 5.73 Å². The predicted molar refractivity (Wildman–Crippen MR) is 84.9 cm³/mol. The zero-order chi connectivity index (χ0) is 14.9. The molecule has 1 saturated heterocycles. The lowest BCUT2D eigenvalue weighted by molar-refractivity contribution is -0.126. The van der Waals surface area contributed by atoms with Gasteiger partial charge in [0.1, 0.15) is 5.54 Å². The first kappa shape index (κ1) is 15.3. The van der Waals surface area contributed by atoms with Crippen LogP contribution in [0.2, 0.25) is 0 Å². The first-order chi connectivity index (χ1) is 10.2. The molecular weight excluding hydrogens is 262 g/mol. The number of amides is 1. The van der Waals surface area contributed by atoms with Crippen molar-refractivity contribution < 1.29 is 4.79 Å². The Morgan fingerprint density at radius 1 is 1.38 bits per heavy atom. The molecule has 3 rings (SSSR count). The SMILES string of the molecule is CCCNC1(C(N)=O)CCCC1CCN1CC2CCC1C2. The summed E-state index contributed by atoms with van der Waals surface area (Å²) in [5.74, 6) is 1.26. The van der Waals surface area contributed by atoms with Crippen LogP contribution in [0.1, 0.15) is 58.3 Å². The van der Waals surface area contributed by atoms with Gasteiger partial charge in [0.05, 0.1) is 0 Å². The first-order valence-corrected chi connectivity index (χ1v) is 8.94. The van der Waals surface area contributed by atoms with Gasteiger partial charge in [0.15, 0.2) is 0 Å². The Labute approximate surface area is 128 Å². The van der Waals surface area contributed by atoms with Crippen LogP contribution in [0.3, 0.4) is 0 Å². The van der Waals surface area contributed by atoms with Gasteiger partial charge >= 0.3 is 0 Å². The van der Waals surface area contributed by atoms with Crippen molar-refractivity contribution in [3.8, 4) is 0 Å². The van der Waals surface area contributed by atoms with Crippen LogP contribution in [0.25, 0.3) is 0 Å². The third-order valence-electron chi connectivity index (χ3n) is 6.24. The summed E-state index contributed by atoms with van der Waals surface area (Å²) in [6, 6.07) is 0.836. The van der Waals surface area contributed by atoms with Crippen molar-refractivity contribution in [2.45, 2.75) is 69.9 Å². The molecule has 1 amide bonds. The number of hydrogen-bond donors (Lipinski definition) is 2. The molecule has 3 fully saturated rings. The van der Waals surface area contributed by atoms with Crippen molar-refractivity contribution in [3.05, 3.63) is 0 Å². The number of hydrogen-bond acceptors (Lipinski definition) is 3. The highest BCUT2D eigenvalue weighted by Crippen LogP contribution is 2.41. The first-order valence-electron chi connectivity index (χ1n) is 8.94. The second-order valence-electron chi connectivity index (χ2n) is 7.47. The Balaban J connectivity index is 1.58. The Morgan fingerprint density at radius 2 is 2.24 bits per heavy atom. The quantitative estimate of drug-likeness (QED) is 0.753. The van der Waals surface area contributed by atoms with E-state index in [-0.39, 0.29) is 5.91 Å². The molecule has 2 bridgehead atoms. The number of carbonyl (C=O) groups excluding carboxylic acids is 1. The van der Waals surface area contributed by atoms with Crippen LogP contribution in [0.5, 0.6) is 0 Å². The molecule has 4 atom stereocenters. The molecule has 4 heteroatoms. The van der Waals surface area contributed by atoms with Gasteiger partial charge in [-0.2, -0.15) is 0 Å². The topological polar surface area (TPSA) is 58.4 Å². The van der Waals surface area contributed by atoms with Gasteiger partial charge < -0.3 is 16.0 Å². The van der Waals surface area contributed by atoms with Crippen LogP contribution in [0.4, 0.5) is 0 Å². The molecule has 0 aromatic heterocycles. The maximum Gasteiger partial charge on any atom is 0.238 e. The maximum absolute atomic E-state index is 12.1. The summed E-state index contributed by atoms with van der Waals surface area (Å²) in [5.41, 5.74) is 5.37. The van der Waals surface area contributed by atoms with Crippen molar-refractivity contribution in [3.63, 3.8) is 0 Å². The smallest absolute Gasteiger partial charge is 0.238 e. The van der Waals surface area contributed by atoms with E-state index in [1.807, 2.05) is 0 Å². The molecule has 1 aliphatic heterocycles. The molecule has 0 radical (unpaired) electrons. The van der Waals surface area contributed by atoms with E-state index in [0.29, 0.717) is 5.92 Å². The van der Waals surface area contributed by atoms with E-state index < -0.39 is 5.54 Å². The summed E-state index contributed by atoms with van der Waals surface area (Å²) in [5, 5.41) is 3.51. The summed E-state index contributed by atoms with van der Waals surface area (Å²) < 4.78 is 0. The standard InChI is InChI=1S/C17H31N3O/c1-2-9-19-17(16(18)21)8-3-4-14(17)7-10-20-12-13-5-6-15(20)11-13/h13-15,19H,2-12H2,1H3,(H2,18,21). The summed E-state index contributed by atoms with van der Waals surface area (Å²) in [7, 11) is 0. The summed E-state index contributed by atoms with van der Waals surface area (Å²) in [6.07, 6.45) is 9.65. The molecule has 4 unspecified atom stereocenters. The number of likely N-dealkylation sites (tertiary alicyclic amines) is 1. The van der Waals surface area contributed by atoms with Gasteiger partial charge in [-0.25, -0.2) is 0 Å². The molecule has 3 aliphatic rings. The highest BCUT2D eigenvalue weighted by molar-refractivity contribution is 5.85. The minimum Gasteiger partial charge on any atom is -0.368 e. The lowest BCUT2D eigenvalue weighted by Gasteiger charge is -2.35. The minimum atomic E-state index is -0.422. The van der Waals surface area contributed by atoms with Gasteiger partial charge in [-0.3, -0.25) is 4.79 Å². The van der Waals surface area contributed by atoms with E-state index in [0.717, 1.165) is 57.2 Å². The normalized spacial score (nSPS) is 39.2. The molecule has 2 aliphatic carbocycles. The molecule has 120 valence electrons. The molecule has 1 heterocycles. The average Bonchev–Trinajstić information content (AvgIpc) is 3.18. The van der Waals surface area contributed by atoms with Crippen molar-refractivity contribution in [1.29, 1.82) is 0 Å². The van der Waals surface area contributed by atoms with Gasteiger partial charge in [0.25, 0.3) is 0 Å². The van der Waals surface area contributed by atoms with E-state index >= 15 is 0 Å². The fraction of sp³-hybridized carbons (Fsp3) is 0.941. The molecule has 4 nitrogen and oxygen atoms in total. The number of rotatable bonds is 7. The van der Waals surface area contributed by atoms with Crippen molar-refractivity contribution in [2.24, 2.45) is 17.6 Å². The number of piperidine rings is 1. The minimum absolute atomic E-state index is 0.124. The van der Waals surface area contributed by atoms with Gasteiger partial charge in [-0.1, -0.05) is 13.3 Å². The van der Waals surface area contributed by atoms with Crippen molar-refractivity contribution >= 4 is 5.91 Å². The number of carbonyl (C=O) groups is 1. The molecule has 0 aromatic rings. The van der Waals surface area contributed by atoms with Gasteiger partial charge in [0.2, 0.25) is 5.91 Å². The second-order valence-corrected chi connectivity index (χ2v) is 7.47. The van der Waals surface area contributed by atoms with Crippen LogP contribution < -0.4 is 11.1 Å². The van der Waals surface area contributed by atoms with Crippen molar-refractivity contribution in [1.82, 2.24) is 10.2 Å². The second kappa shape index (κ2) is 6.25. The van der Waals surface area contributed by atoms with E-state index in [1.165, 1.54) is 25.8 Å². The zero-order valence-electron chi connectivity index (χ0n) is 13.4. The molecule has 3 N–H and O–H groups in total. The lowest BCUT2D eigenvalue weighted by atomic mass is 9.83. The Hall–Kier alpha value is -0.610. The van der Waals surface area contributed by atoms with Crippen LogP contribution in [0.15, 0.2) is 0 Å². The molecule has 0 spiro atoms. The fourth-order valence-electron chi connectivity index (χ4n) is 5.08. The summed E-state index contributed by atoms with van der Waals surface area (Å²) in [4.78, 5) is 14.8.